The van der Waals surface area contributed by atoms with Gasteiger partial charge in [-0.25, -0.2) is 4.79 Å². The molecule has 6 heteroatoms. The van der Waals surface area contributed by atoms with E-state index in [4.69, 9.17) is 0 Å². The third-order valence-corrected chi connectivity index (χ3v) is 4.07. The zero-order valence-electron chi connectivity index (χ0n) is 12.5. The molecule has 1 heterocycles. The molecule has 0 spiro atoms. The predicted octanol–water partition coefficient (Wildman–Crippen LogP) is 2.62. The topological polar surface area (TPSA) is 67.4 Å². The second kappa shape index (κ2) is 7.72. The first-order chi connectivity index (χ1) is 10.6. The fraction of sp³-hybridized carbons (Fsp3) is 0.250. The van der Waals surface area contributed by atoms with E-state index in [1.54, 1.807) is 11.3 Å². The Bertz CT molecular complexity index is 623. The number of rotatable bonds is 5. The van der Waals surface area contributed by atoms with Crippen molar-refractivity contribution in [3.8, 4) is 0 Å². The van der Waals surface area contributed by atoms with Crippen LogP contribution >= 0.6 is 11.3 Å². The van der Waals surface area contributed by atoms with Crippen LogP contribution in [0.5, 0.6) is 0 Å². The Hall–Kier alpha value is -2.18. The molecule has 1 atom stereocenters. The normalized spacial score (nSPS) is 11.7. The van der Waals surface area contributed by atoms with Crippen molar-refractivity contribution in [1.82, 2.24) is 10.6 Å². The van der Waals surface area contributed by atoms with Crippen molar-refractivity contribution >= 4 is 23.3 Å². The summed E-state index contributed by atoms with van der Waals surface area (Å²) >= 11 is 1.61. The van der Waals surface area contributed by atoms with Crippen molar-refractivity contribution in [2.75, 3.05) is 13.7 Å². The quantitative estimate of drug-likeness (QED) is 0.889. The number of thiophene rings is 1. The van der Waals surface area contributed by atoms with E-state index in [0.717, 1.165) is 10.4 Å². The molecular weight excluding hydrogens is 300 g/mol. The summed E-state index contributed by atoms with van der Waals surface area (Å²) in [6.45, 7) is 2.05. The second-order valence-electron chi connectivity index (χ2n) is 4.78. The SMILES string of the molecule is COC(=O)NC(=O)CN[C@@H](c1ccc(C)cc1)c1cccs1. The van der Waals surface area contributed by atoms with Gasteiger partial charge in [0, 0.05) is 4.88 Å². The number of aryl methyl sites for hydroxylation is 1. The van der Waals surface area contributed by atoms with Crippen LogP contribution in [-0.4, -0.2) is 25.7 Å². The maximum Gasteiger partial charge on any atom is 0.413 e. The van der Waals surface area contributed by atoms with Crippen LogP contribution in [-0.2, 0) is 9.53 Å². The number of alkyl carbamates (subject to hydrolysis) is 1. The highest BCUT2D eigenvalue weighted by Gasteiger charge is 2.16. The van der Waals surface area contributed by atoms with Crippen LogP contribution in [0.2, 0.25) is 0 Å². The van der Waals surface area contributed by atoms with Crippen LogP contribution < -0.4 is 10.6 Å². The van der Waals surface area contributed by atoms with E-state index in [-0.39, 0.29) is 12.6 Å². The molecule has 0 fully saturated rings. The number of imide groups is 1. The average molecular weight is 318 g/mol. The van der Waals surface area contributed by atoms with Gasteiger partial charge in [0.05, 0.1) is 19.7 Å². The summed E-state index contributed by atoms with van der Waals surface area (Å²) in [5.74, 6) is -0.430. The smallest absolute Gasteiger partial charge is 0.413 e. The molecule has 2 amide bonds. The van der Waals surface area contributed by atoms with E-state index < -0.39 is 12.0 Å². The van der Waals surface area contributed by atoms with Gasteiger partial charge >= 0.3 is 6.09 Å². The molecule has 0 saturated heterocycles. The van der Waals surface area contributed by atoms with Crippen molar-refractivity contribution in [3.63, 3.8) is 0 Å². The molecule has 116 valence electrons. The molecular formula is C16H18N2O3S. The lowest BCUT2D eigenvalue weighted by Gasteiger charge is -2.18. The van der Waals surface area contributed by atoms with Gasteiger partial charge in [-0.05, 0) is 23.9 Å². The van der Waals surface area contributed by atoms with Crippen LogP contribution in [0.15, 0.2) is 41.8 Å². The minimum atomic E-state index is -0.755. The van der Waals surface area contributed by atoms with E-state index >= 15 is 0 Å². The van der Waals surface area contributed by atoms with Gasteiger partial charge in [0.2, 0.25) is 5.91 Å². The summed E-state index contributed by atoms with van der Waals surface area (Å²) in [5, 5.41) is 7.30. The number of methoxy groups -OCH3 is 1. The third-order valence-electron chi connectivity index (χ3n) is 3.13. The molecule has 0 bridgehead atoms. The number of nitrogens with one attached hydrogen (secondary N) is 2. The molecule has 1 aromatic carbocycles. The lowest BCUT2D eigenvalue weighted by atomic mass is 10.0. The largest absolute Gasteiger partial charge is 0.453 e. The highest BCUT2D eigenvalue weighted by molar-refractivity contribution is 7.10. The highest BCUT2D eigenvalue weighted by atomic mass is 32.1. The zero-order chi connectivity index (χ0) is 15.9. The molecule has 0 unspecified atom stereocenters. The number of ether oxygens (including phenoxy) is 1. The van der Waals surface area contributed by atoms with E-state index in [9.17, 15) is 9.59 Å². The van der Waals surface area contributed by atoms with Gasteiger partial charge in [-0.2, -0.15) is 0 Å². The minimum Gasteiger partial charge on any atom is -0.453 e. The van der Waals surface area contributed by atoms with Crippen molar-refractivity contribution in [2.45, 2.75) is 13.0 Å². The van der Waals surface area contributed by atoms with Crippen LogP contribution in [0.3, 0.4) is 0 Å². The first kappa shape index (κ1) is 16.2. The minimum absolute atomic E-state index is 0.0194. The highest BCUT2D eigenvalue weighted by Crippen LogP contribution is 2.26. The molecule has 0 saturated carbocycles. The Labute approximate surface area is 133 Å². The molecule has 0 aliphatic rings. The third kappa shape index (κ3) is 4.41. The molecule has 22 heavy (non-hydrogen) atoms. The molecule has 1 aromatic heterocycles. The maximum absolute atomic E-state index is 11.7. The number of hydrogen-bond donors (Lipinski definition) is 2. The Kier molecular flexibility index (Phi) is 5.68. The Morgan fingerprint density at radius 1 is 1.23 bits per heavy atom. The van der Waals surface area contributed by atoms with Crippen molar-refractivity contribution in [1.29, 1.82) is 0 Å². The molecule has 2 N–H and O–H groups in total. The van der Waals surface area contributed by atoms with E-state index in [1.807, 2.05) is 48.7 Å². The van der Waals surface area contributed by atoms with Crippen molar-refractivity contribution in [3.05, 3.63) is 57.8 Å². The molecule has 0 radical (unpaired) electrons. The number of amides is 2. The van der Waals surface area contributed by atoms with Crippen LogP contribution in [0.4, 0.5) is 4.79 Å². The van der Waals surface area contributed by atoms with Gasteiger partial charge in [-0.1, -0.05) is 35.9 Å². The van der Waals surface area contributed by atoms with Crippen LogP contribution in [0.1, 0.15) is 22.0 Å². The van der Waals surface area contributed by atoms with Gasteiger partial charge in [0.25, 0.3) is 0 Å². The lowest BCUT2D eigenvalue weighted by Crippen LogP contribution is -2.39. The molecule has 2 rings (SSSR count). The number of hydrogen-bond acceptors (Lipinski definition) is 5. The molecule has 5 nitrogen and oxygen atoms in total. The number of carbonyl (C=O) groups is 2. The number of benzene rings is 1. The average Bonchev–Trinajstić information content (AvgIpc) is 3.03. The van der Waals surface area contributed by atoms with Crippen LogP contribution in [0, 0.1) is 6.92 Å². The van der Waals surface area contributed by atoms with Crippen LogP contribution in [0.25, 0.3) is 0 Å². The summed E-state index contributed by atoms with van der Waals surface area (Å²) in [4.78, 5) is 23.8. The van der Waals surface area contributed by atoms with Gasteiger partial charge < -0.3 is 4.74 Å². The van der Waals surface area contributed by atoms with Gasteiger partial charge in [-0.15, -0.1) is 11.3 Å². The molecule has 0 aliphatic heterocycles. The summed E-state index contributed by atoms with van der Waals surface area (Å²) in [5.41, 5.74) is 2.25. The molecule has 0 aliphatic carbocycles. The Morgan fingerprint density at radius 3 is 2.55 bits per heavy atom. The summed E-state index contributed by atoms with van der Waals surface area (Å²) < 4.78 is 4.40. The summed E-state index contributed by atoms with van der Waals surface area (Å²) in [7, 11) is 1.22. The molecule has 2 aromatic rings. The summed E-state index contributed by atoms with van der Waals surface area (Å²) in [6, 6.07) is 12.0. The van der Waals surface area contributed by atoms with Gasteiger partial charge in [0.15, 0.2) is 0 Å². The fourth-order valence-electron chi connectivity index (χ4n) is 2.00. The maximum atomic E-state index is 11.7. The Morgan fingerprint density at radius 2 is 1.95 bits per heavy atom. The Balaban J connectivity index is 2.08. The summed E-state index contributed by atoms with van der Waals surface area (Å²) in [6.07, 6.45) is -0.755. The first-order valence-electron chi connectivity index (χ1n) is 6.81. The van der Waals surface area contributed by atoms with E-state index in [0.29, 0.717) is 0 Å². The van der Waals surface area contributed by atoms with E-state index in [1.165, 1.54) is 12.7 Å². The van der Waals surface area contributed by atoms with Gasteiger partial charge in [-0.3, -0.25) is 15.4 Å². The van der Waals surface area contributed by atoms with Crippen molar-refractivity contribution < 1.29 is 14.3 Å². The predicted molar refractivity (Wildman–Crippen MR) is 85.9 cm³/mol. The monoisotopic (exact) mass is 318 g/mol. The first-order valence-corrected chi connectivity index (χ1v) is 7.69. The zero-order valence-corrected chi connectivity index (χ0v) is 13.3. The van der Waals surface area contributed by atoms with Crippen molar-refractivity contribution in [2.24, 2.45) is 0 Å². The number of carbonyl (C=O) groups excluding carboxylic acids is 2. The second-order valence-corrected chi connectivity index (χ2v) is 5.76. The van der Waals surface area contributed by atoms with E-state index in [2.05, 4.69) is 15.4 Å². The standard InChI is InChI=1S/C16H18N2O3S/c1-11-5-7-12(8-6-11)15(13-4-3-9-22-13)17-10-14(19)18-16(20)21-2/h3-9,15,17H,10H2,1-2H3,(H,18,19,20)/t15-/m0/s1. The van der Waals surface area contributed by atoms with Gasteiger partial charge in [0.1, 0.15) is 0 Å². The lowest BCUT2D eigenvalue weighted by molar-refractivity contribution is -0.119. The fourth-order valence-corrected chi connectivity index (χ4v) is 2.83.